The average Bonchev–Trinajstić information content (AvgIpc) is 2.45. The molecule has 1 aromatic carbocycles. The number of hydrogen-bond donors (Lipinski definition) is 1. The smallest absolute Gasteiger partial charge is 0.144 e. The molecule has 0 aliphatic rings. The largest absolute Gasteiger partial charge is 0.377 e. The molecule has 0 saturated heterocycles. The Labute approximate surface area is 122 Å². The van der Waals surface area contributed by atoms with Crippen LogP contribution in [0.5, 0.6) is 0 Å². The fraction of sp³-hybridized carbons (Fsp3) is 0.562. The first-order chi connectivity index (χ1) is 9.54. The molecule has 0 bridgehead atoms. The zero-order valence-corrected chi connectivity index (χ0v) is 12.9. The predicted molar refractivity (Wildman–Crippen MR) is 81.4 cm³/mol. The van der Waals surface area contributed by atoms with E-state index < -0.39 is 5.54 Å². The summed E-state index contributed by atoms with van der Waals surface area (Å²) in [4.78, 5) is 2.12. The van der Waals surface area contributed by atoms with E-state index in [2.05, 4.69) is 16.3 Å². The number of ether oxygens (including phenoxy) is 1. The zero-order chi connectivity index (χ0) is 15.0. The fourth-order valence-electron chi connectivity index (χ4n) is 2.12. The van der Waals surface area contributed by atoms with Crippen LogP contribution in [0.25, 0.3) is 0 Å². The zero-order valence-electron chi connectivity index (χ0n) is 12.9. The van der Waals surface area contributed by atoms with E-state index in [1.165, 1.54) is 0 Å². The minimum atomic E-state index is -0.687. The van der Waals surface area contributed by atoms with Crippen LogP contribution in [-0.2, 0) is 10.3 Å². The summed E-state index contributed by atoms with van der Waals surface area (Å²) in [6.07, 6.45) is 0.238. The van der Waals surface area contributed by atoms with Crippen molar-refractivity contribution in [1.82, 2.24) is 10.2 Å². The van der Waals surface area contributed by atoms with Crippen molar-refractivity contribution in [1.29, 1.82) is 5.26 Å². The first-order valence-corrected chi connectivity index (χ1v) is 7.00. The monoisotopic (exact) mass is 275 g/mol. The van der Waals surface area contributed by atoms with Gasteiger partial charge in [0, 0.05) is 13.1 Å². The summed E-state index contributed by atoms with van der Waals surface area (Å²) in [7, 11) is 3.84. The van der Waals surface area contributed by atoms with Crippen molar-refractivity contribution in [2.24, 2.45) is 0 Å². The Balaban J connectivity index is 2.70. The molecule has 1 unspecified atom stereocenters. The molecule has 0 saturated carbocycles. The number of benzene rings is 1. The van der Waals surface area contributed by atoms with E-state index in [1.807, 2.05) is 58.3 Å². The summed E-state index contributed by atoms with van der Waals surface area (Å²) >= 11 is 0. The van der Waals surface area contributed by atoms with Crippen LogP contribution in [0.2, 0.25) is 0 Å². The van der Waals surface area contributed by atoms with Crippen LogP contribution in [0.15, 0.2) is 30.3 Å². The molecule has 0 aliphatic heterocycles. The normalized spacial score (nSPS) is 14.2. The molecule has 4 nitrogen and oxygen atoms in total. The van der Waals surface area contributed by atoms with Gasteiger partial charge in [-0.05, 0) is 33.5 Å². The molecule has 4 heteroatoms. The van der Waals surface area contributed by atoms with Gasteiger partial charge in [0.05, 0.1) is 18.8 Å². The average molecular weight is 275 g/mol. The maximum absolute atomic E-state index is 9.62. The maximum Gasteiger partial charge on any atom is 0.144 e. The molecule has 1 N–H and O–H groups in total. The van der Waals surface area contributed by atoms with Gasteiger partial charge in [-0.1, -0.05) is 30.3 Å². The van der Waals surface area contributed by atoms with E-state index in [-0.39, 0.29) is 6.10 Å². The molecule has 0 amide bonds. The molecule has 1 aromatic rings. The van der Waals surface area contributed by atoms with Crippen molar-refractivity contribution >= 4 is 0 Å². The van der Waals surface area contributed by atoms with Gasteiger partial charge in [0.2, 0.25) is 0 Å². The minimum Gasteiger partial charge on any atom is -0.377 e. The molecule has 1 rings (SSSR count). The van der Waals surface area contributed by atoms with Gasteiger partial charge in [-0.2, -0.15) is 5.26 Å². The van der Waals surface area contributed by atoms with Crippen LogP contribution in [0.4, 0.5) is 0 Å². The van der Waals surface area contributed by atoms with Gasteiger partial charge in [-0.15, -0.1) is 0 Å². The van der Waals surface area contributed by atoms with Gasteiger partial charge < -0.3 is 9.64 Å². The number of nitrogens with one attached hydrogen (secondary N) is 1. The highest BCUT2D eigenvalue weighted by atomic mass is 16.5. The Bertz CT molecular complexity index is 427. The Morgan fingerprint density at radius 3 is 2.50 bits per heavy atom. The summed E-state index contributed by atoms with van der Waals surface area (Å²) in [5.41, 5.74) is 0.301. The first-order valence-electron chi connectivity index (χ1n) is 7.00. The number of likely N-dealkylation sites (N-methyl/N-ethyl adjacent to an activating group) is 2. The van der Waals surface area contributed by atoms with E-state index in [4.69, 9.17) is 4.74 Å². The highest BCUT2D eigenvalue weighted by Crippen LogP contribution is 2.20. The predicted octanol–water partition coefficient (Wildman–Crippen LogP) is 1.98. The van der Waals surface area contributed by atoms with Crippen molar-refractivity contribution < 1.29 is 4.74 Å². The summed E-state index contributed by atoms with van der Waals surface area (Å²) < 4.78 is 5.55. The second kappa shape index (κ2) is 8.01. The van der Waals surface area contributed by atoms with E-state index in [9.17, 15) is 5.26 Å². The molecular formula is C16H25N3O. The highest BCUT2D eigenvalue weighted by molar-refractivity contribution is 5.31. The van der Waals surface area contributed by atoms with E-state index in [0.717, 1.165) is 12.1 Å². The first kappa shape index (κ1) is 16.6. The summed E-state index contributed by atoms with van der Waals surface area (Å²) in [6, 6.07) is 12.3. The number of nitrogens with zero attached hydrogens (tertiary/aromatic N) is 2. The third kappa shape index (κ3) is 4.61. The Morgan fingerprint density at radius 2 is 2.00 bits per heavy atom. The summed E-state index contributed by atoms with van der Waals surface area (Å²) in [5.74, 6) is 0. The molecule has 110 valence electrons. The number of rotatable bonds is 8. The molecule has 0 aromatic heterocycles. The van der Waals surface area contributed by atoms with E-state index in [1.54, 1.807) is 0 Å². The topological polar surface area (TPSA) is 48.3 Å². The summed E-state index contributed by atoms with van der Waals surface area (Å²) in [5, 5.41) is 12.8. The van der Waals surface area contributed by atoms with Gasteiger partial charge >= 0.3 is 0 Å². The van der Waals surface area contributed by atoms with E-state index >= 15 is 0 Å². The van der Waals surface area contributed by atoms with Gasteiger partial charge in [-0.25, -0.2) is 0 Å². The van der Waals surface area contributed by atoms with Crippen molar-refractivity contribution in [2.75, 3.05) is 33.8 Å². The maximum atomic E-state index is 9.62. The van der Waals surface area contributed by atoms with Gasteiger partial charge in [-0.3, -0.25) is 5.32 Å². The van der Waals surface area contributed by atoms with Crippen LogP contribution in [-0.4, -0.2) is 44.8 Å². The molecule has 0 aliphatic carbocycles. The molecule has 0 spiro atoms. The molecular weight excluding hydrogens is 250 g/mol. The van der Waals surface area contributed by atoms with Crippen molar-refractivity contribution in [3.8, 4) is 6.07 Å². The van der Waals surface area contributed by atoms with Gasteiger partial charge in [0.25, 0.3) is 0 Å². The van der Waals surface area contributed by atoms with Crippen LogP contribution < -0.4 is 5.32 Å². The van der Waals surface area contributed by atoms with E-state index in [0.29, 0.717) is 13.2 Å². The van der Waals surface area contributed by atoms with Crippen LogP contribution >= 0.6 is 0 Å². The van der Waals surface area contributed by atoms with Crippen LogP contribution in [0.3, 0.4) is 0 Å². The third-order valence-electron chi connectivity index (χ3n) is 3.32. The Morgan fingerprint density at radius 1 is 1.35 bits per heavy atom. The van der Waals surface area contributed by atoms with Crippen molar-refractivity contribution in [3.05, 3.63) is 35.9 Å². The molecule has 1 atom stereocenters. The molecule has 0 fully saturated rings. The SMILES string of the molecule is CNC(C#N)(CN(C)CCOC(C)C)c1ccccc1. The Kier molecular flexibility index (Phi) is 6.66. The molecule has 0 radical (unpaired) electrons. The highest BCUT2D eigenvalue weighted by Gasteiger charge is 2.31. The van der Waals surface area contributed by atoms with Gasteiger partial charge in [0.15, 0.2) is 0 Å². The second-order valence-corrected chi connectivity index (χ2v) is 5.29. The lowest BCUT2D eigenvalue weighted by Gasteiger charge is -2.31. The summed E-state index contributed by atoms with van der Waals surface area (Å²) in [6.45, 7) is 6.14. The third-order valence-corrected chi connectivity index (χ3v) is 3.32. The van der Waals surface area contributed by atoms with Crippen LogP contribution in [0, 0.1) is 11.3 Å². The van der Waals surface area contributed by atoms with Crippen LogP contribution in [0.1, 0.15) is 19.4 Å². The van der Waals surface area contributed by atoms with Crippen molar-refractivity contribution in [2.45, 2.75) is 25.5 Å². The lowest BCUT2D eigenvalue weighted by atomic mass is 9.91. The number of nitriles is 1. The molecule has 20 heavy (non-hydrogen) atoms. The fourth-order valence-corrected chi connectivity index (χ4v) is 2.12. The second-order valence-electron chi connectivity index (χ2n) is 5.29. The minimum absolute atomic E-state index is 0.238. The van der Waals surface area contributed by atoms with Gasteiger partial charge in [0.1, 0.15) is 5.54 Å². The number of hydrogen-bond acceptors (Lipinski definition) is 4. The quantitative estimate of drug-likeness (QED) is 0.788. The Hall–Kier alpha value is -1.41. The molecule has 0 heterocycles. The standard InChI is InChI=1S/C16H25N3O/c1-14(2)20-11-10-19(4)13-16(12-17,18-3)15-8-6-5-7-9-15/h5-9,14,18H,10-11,13H2,1-4H3. The van der Waals surface area contributed by atoms with Crippen molar-refractivity contribution in [3.63, 3.8) is 0 Å². The lowest BCUT2D eigenvalue weighted by Crippen LogP contribution is -2.48. The lowest BCUT2D eigenvalue weighted by molar-refractivity contribution is 0.0605.